The van der Waals surface area contributed by atoms with Crippen molar-refractivity contribution in [3.8, 4) is 0 Å². The third-order valence-electron chi connectivity index (χ3n) is 4.65. The Morgan fingerprint density at radius 2 is 2.12 bits per heavy atom. The highest BCUT2D eigenvalue weighted by molar-refractivity contribution is 7.15. The topological polar surface area (TPSA) is 71.5 Å². The number of carbonyl (C=O) groups excluding carboxylic acids is 2. The number of carbonyl (C=O) groups is 2. The molecule has 1 aromatic rings. The second-order valence-corrected chi connectivity index (χ2v) is 8.13. The fourth-order valence-electron chi connectivity index (χ4n) is 3.01. The molecule has 0 aliphatic carbocycles. The highest BCUT2D eigenvalue weighted by atomic mass is 32.1. The second kappa shape index (κ2) is 10.6. The lowest BCUT2D eigenvalue weighted by Gasteiger charge is -2.25. The van der Waals surface area contributed by atoms with Gasteiger partial charge in [-0.15, -0.1) is 11.3 Å². The molecule has 0 unspecified atom stereocenters. The Hall–Kier alpha value is -1.47. The number of unbranched alkanes of at least 4 members (excludes halogenated alkanes) is 3. The molecule has 6 nitrogen and oxygen atoms in total. The predicted molar refractivity (Wildman–Crippen MR) is 105 cm³/mol. The van der Waals surface area contributed by atoms with Gasteiger partial charge in [-0.25, -0.2) is 4.98 Å². The van der Waals surface area contributed by atoms with E-state index in [2.05, 4.69) is 17.2 Å². The third kappa shape index (κ3) is 6.68. The van der Waals surface area contributed by atoms with Crippen LogP contribution >= 0.6 is 11.3 Å². The van der Waals surface area contributed by atoms with E-state index in [9.17, 15) is 9.59 Å². The Labute approximate surface area is 160 Å². The molecule has 2 heterocycles. The summed E-state index contributed by atoms with van der Waals surface area (Å²) in [5.41, 5.74) is 0.925. The Morgan fingerprint density at radius 1 is 1.31 bits per heavy atom. The van der Waals surface area contributed by atoms with Crippen molar-refractivity contribution < 1.29 is 14.3 Å². The Morgan fingerprint density at radius 3 is 2.73 bits per heavy atom. The van der Waals surface area contributed by atoms with Gasteiger partial charge in [0.15, 0.2) is 5.13 Å². The van der Waals surface area contributed by atoms with Gasteiger partial charge in [-0.2, -0.15) is 0 Å². The zero-order chi connectivity index (χ0) is 18.9. The molecule has 2 amide bonds. The standard InChI is InChI=1S/C19H31N3O3S/c1-4-5-6-7-10-18(24)22(12-16-9-8-11-25-16)13-17(23)21-19-20-14(2)15(3)26-19/h16H,4-13H2,1-3H3,(H,20,21,23)/t16-/m0/s1. The fraction of sp³-hybridized carbons (Fsp3) is 0.737. The highest BCUT2D eigenvalue weighted by Gasteiger charge is 2.24. The van der Waals surface area contributed by atoms with Crippen LogP contribution in [0.5, 0.6) is 0 Å². The smallest absolute Gasteiger partial charge is 0.245 e. The number of anilines is 1. The van der Waals surface area contributed by atoms with Gasteiger partial charge < -0.3 is 15.0 Å². The quantitative estimate of drug-likeness (QED) is 0.628. The number of aryl methyl sites for hydroxylation is 2. The molecule has 1 aliphatic rings. The Balaban J connectivity index is 1.90. The molecule has 1 aromatic heterocycles. The molecule has 2 rings (SSSR count). The summed E-state index contributed by atoms with van der Waals surface area (Å²) in [6.07, 6.45) is 6.73. The van der Waals surface area contributed by atoms with Crippen LogP contribution in [0.1, 0.15) is 62.4 Å². The third-order valence-corrected chi connectivity index (χ3v) is 5.64. The van der Waals surface area contributed by atoms with Gasteiger partial charge in [-0.1, -0.05) is 26.2 Å². The van der Waals surface area contributed by atoms with Gasteiger partial charge in [0, 0.05) is 24.4 Å². The van der Waals surface area contributed by atoms with Crippen molar-refractivity contribution in [2.24, 2.45) is 0 Å². The monoisotopic (exact) mass is 381 g/mol. The van der Waals surface area contributed by atoms with E-state index in [1.54, 1.807) is 4.90 Å². The van der Waals surface area contributed by atoms with Crippen molar-refractivity contribution in [1.29, 1.82) is 0 Å². The Bertz CT molecular complexity index is 577. The number of aromatic nitrogens is 1. The van der Waals surface area contributed by atoms with E-state index in [-0.39, 0.29) is 24.5 Å². The summed E-state index contributed by atoms with van der Waals surface area (Å²) in [5, 5.41) is 3.42. The first-order valence-electron chi connectivity index (χ1n) is 9.62. The molecule has 0 radical (unpaired) electrons. The Kier molecular flexibility index (Phi) is 8.51. The number of amides is 2. The average molecular weight is 382 g/mol. The predicted octanol–water partition coefficient (Wildman–Crippen LogP) is 3.68. The van der Waals surface area contributed by atoms with Crippen LogP contribution in [0.25, 0.3) is 0 Å². The minimum atomic E-state index is -0.196. The van der Waals surface area contributed by atoms with Crippen LogP contribution in [0.4, 0.5) is 5.13 Å². The summed E-state index contributed by atoms with van der Waals surface area (Å²) < 4.78 is 5.66. The van der Waals surface area contributed by atoms with E-state index in [0.29, 0.717) is 18.1 Å². The van der Waals surface area contributed by atoms with Gasteiger partial charge in [0.05, 0.1) is 11.8 Å². The molecule has 1 fully saturated rings. The van der Waals surface area contributed by atoms with Crippen LogP contribution in [-0.4, -0.2) is 47.5 Å². The van der Waals surface area contributed by atoms with Crippen molar-refractivity contribution in [2.75, 3.05) is 25.0 Å². The van der Waals surface area contributed by atoms with Crippen molar-refractivity contribution in [3.05, 3.63) is 10.6 Å². The van der Waals surface area contributed by atoms with Gasteiger partial charge >= 0.3 is 0 Å². The van der Waals surface area contributed by atoms with Crippen molar-refractivity contribution in [2.45, 2.75) is 71.8 Å². The highest BCUT2D eigenvalue weighted by Crippen LogP contribution is 2.21. The lowest BCUT2D eigenvalue weighted by molar-refractivity contribution is -0.136. The van der Waals surface area contributed by atoms with E-state index in [4.69, 9.17) is 4.74 Å². The summed E-state index contributed by atoms with van der Waals surface area (Å²) in [7, 11) is 0. The summed E-state index contributed by atoms with van der Waals surface area (Å²) >= 11 is 1.46. The minimum absolute atomic E-state index is 0.0400. The van der Waals surface area contributed by atoms with E-state index >= 15 is 0 Å². The van der Waals surface area contributed by atoms with E-state index in [1.807, 2.05) is 13.8 Å². The maximum atomic E-state index is 12.6. The minimum Gasteiger partial charge on any atom is -0.376 e. The van der Waals surface area contributed by atoms with Crippen molar-refractivity contribution >= 4 is 28.3 Å². The first kappa shape index (κ1) is 20.8. The van der Waals surface area contributed by atoms with Gasteiger partial charge in [-0.3, -0.25) is 9.59 Å². The number of nitrogens with one attached hydrogen (secondary N) is 1. The molecular weight excluding hydrogens is 350 g/mol. The molecule has 0 spiro atoms. The molecule has 0 bridgehead atoms. The SMILES string of the molecule is CCCCCCC(=O)N(CC(=O)Nc1nc(C)c(C)s1)C[C@@H]1CCCO1. The molecule has 7 heteroatoms. The number of ether oxygens (including phenoxy) is 1. The number of thiazole rings is 1. The van der Waals surface area contributed by atoms with Crippen LogP contribution in [0, 0.1) is 13.8 Å². The lowest BCUT2D eigenvalue weighted by atomic mass is 10.1. The number of nitrogens with zero attached hydrogens (tertiary/aromatic N) is 2. The van der Waals surface area contributed by atoms with Crippen molar-refractivity contribution in [3.63, 3.8) is 0 Å². The first-order chi connectivity index (χ1) is 12.5. The second-order valence-electron chi connectivity index (χ2n) is 6.93. The summed E-state index contributed by atoms with van der Waals surface area (Å²) in [5.74, 6) is -0.156. The van der Waals surface area contributed by atoms with E-state index in [1.165, 1.54) is 11.3 Å². The van der Waals surface area contributed by atoms with Crippen LogP contribution in [0.2, 0.25) is 0 Å². The summed E-state index contributed by atoms with van der Waals surface area (Å²) in [6, 6.07) is 0. The molecule has 1 saturated heterocycles. The van der Waals surface area contributed by atoms with Gasteiger partial charge in [0.25, 0.3) is 0 Å². The fourth-order valence-corrected chi connectivity index (χ4v) is 3.84. The molecule has 0 saturated carbocycles. The molecule has 26 heavy (non-hydrogen) atoms. The molecular formula is C19H31N3O3S. The van der Waals surface area contributed by atoms with Crippen LogP contribution < -0.4 is 5.32 Å². The van der Waals surface area contributed by atoms with E-state index < -0.39 is 0 Å². The first-order valence-corrected chi connectivity index (χ1v) is 10.4. The lowest BCUT2D eigenvalue weighted by Crippen LogP contribution is -2.42. The zero-order valence-electron chi connectivity index (χ0n) is 16.2. The summed E-state index contributed by atoms with van der Waals surface area (Å²) in [4.78, 5) is 32.1. The van der Waals surface area contributed by atoms with Gasteiger partial charge in [0.2, 0.25) is 11.8 Å². The van der Waals surface area contributed by atoms with Gasteiger partial charge in [-0.05, 0) is 33.1 Å². The van der Waals surface area contributed by atoms with Crippen LogP contribution in [0.3, 0.4) is 0 Å². The number of hydrogen-bond acceptors (Lipinski definition) is 5. The van der Waals surface area contributed by atoms with Crippen molar-refractivity contribution in [1.82, 2.24) is 9.88 Å². The zero-order valence-corrected chi connectivity index (χ0v) is 17.0. The molecule has 0 aromatic carbocycles. The molecule has 1 N–H and O–H groups in total. The maximum absolute atomic E-state index is 12.6. The maximum Gasteiger partial charge on any atom is 0.245 e. The van der Waals surface area contributed by atoms with Crippen LogP contribution in [-0.2, 0) is 14.3 Å². The average Bonchev–Trinajstić information content (AvgIpc) is 3.21. The normalized spacial score (nSPS) is 16.7. The molecule has 1 atom stereocenters. The molecule has 1 aliphatic heterocycles. The van der Waals surface area contributed by atoms with E-state index in [0.717, 1.165) is 55.7 Å². The largest absolute Gasteiger partial charge is 0.376 e. The summed E-state index contributed by atoms with van der Waals surface area (Å²) in [6.45, 7) is 7.35. The van der Waals surface area contributed by atoms with Gasteiger partial charge in [0.1, 0.15) is 6.54 Å². The number of rotatable bonds is 10. The van der Waals surface area contributed by atoms with Crippen LogP contribution in [0.15, 0.2) is 0 Å². The molecule has 146 valence electrons. The number of hydrogen-bond donors (Lipinski definition) is 1.